The van der Waals surface area contributed by atoms with Gasteiger partial charge in [-0.2, -0.15) is 0 Å². The molecule has 0 radical (unpaired) electrons. The summed E-state index contributed by atoms with van der Waals surface area (Å²) in [7, 11) is 0. The molecular formula is C15H14O5. The van der Waals surface area contributed by atoms with Crippen molar-refractivity contribution < 1.29 is 18.6 Å². The van der Waals surface area contributed by atoms with Crippen molar-refractivity contribution in [1.82, 2.24) is 0 Å². The third-order valence-corrected chi connectivity index (χ3v) is 2.94. The molecular weight excluding hydrogens is 260 g/mol. The Morgan fingerprint density at radius 1 is 1.30 bits per heavy atom. The summed E-state index contributed by atoms with van der Waals surface area (Å²) in [6, 6.07) is 4.67. The van der Waals surface area contributed by atoms with Crippen molar-refractivity contribution >= 4 is 11.0 Å². The minimum atomic E-state index is -0.411. The molecule has 0 bridgehead atoms. The predicted molar refractivity (Wildman–Crippen MR) is 73.5 cm³/mol. The van der Waals surface area contributed by atoms with Crippen molar-refractivity contribution in [3.05, 3.63) is 40.3 Å². The van der Waals surface area contributed by atoms with Crippen molar-refractivity contribution in [2.45, 2.75) is 13.8 Å². The molecule has 2 heterocycles. The van der Waals surface area contributed by atoms with Crippen molar-refractivity contribution in [1.29, 1.82) is 0 Å². The Balaban J connectivity index is 2.08. The second-order valence-corrected chi connectivity index (χ2v) is 4.70. The highest BCUT2D eigenvalue weighted by molar-refractivity contribution is 5.89. The van der Waals surface area contributed by atoms with Crippen LogP contribution in [0.3, 0.4) is 0 Å². The van der Waals surface area contributed by atoms with Gasteiger partial charge in [-0.1, -0.05) is 5.57 Å². The van der Waals surface area contributed by atoms with E-state index in [-0.39, 0.29) is 6.79 Å². The topological polar surface area (TPSA) is 57.9 Å². The number of rotatable bonds is 3. The van der Waals surface area contributed by atoms with Gasteiger partial charge in [-0.25, -0.2) is 4.79 Å². The first-order chi connectivity index (χ1) is 9.65. The molecule has 0 atom stereocenters. The zero-order valence-corrected chi connectivity index (χ0v) is 11.3. The smallest absolute Gasteiger partial charge is 0.336 e. The lowest BCUT2D eigenvalue weighted by Crippen LogP contribution is -1.98. The largest absolute Gasteiger partial charge is 0.485 e. The molecule has 1 aromatic carbocycles. The summed E-state index contributed by atoms with van der Waals surface area (Å²) in [6.07, 6.45) is 1.95. The number of hydrogen-bond acceptors (Lipinski definition) is 5. The second kappa shape index (κ2) is 4.92. The summed E-state index contributed by atoms with van der Waals surface area (Å²) in [5.41, 5.74) is 1.17. The summed E-state index contributed by atoms with van der Waals surface area (Å²) < 4.78 is 21.7. The second-order valence-electron chi connectivity index (χ2n) is 4.70. The van der Waals surface area contributed by atoms with Gasteiger partial charge in [0.1, 0.15) is 12.2 Å². The Morgan fingerprint density at radius 3 is 2.90 bits per heavy atom. The number of ether oxygens (including phenoxy) is 3. The van der Waals surface area contributed by atoms with Gasteiger partial charge in [0.2, 0.25) is 12.5 Å². The highest BCUT2D eigenvalue weighted by atomic mass is 16.7. The van der Waals surface area contributed by atoms with Gasteiger partial charge in [0.05, 0.1) is 5.39 Å². The SMILES string of the molecule is CC(C)=CCOc1cc2oc(=O)ccc2c2c1OCO2. The van der Waals surface area contributed by atoms with E-state index in [0.29, 0.717) is 34.8 Å². The third kappa shape index (κ3) is 2.22. The zero-order chi connectivity index (χ0) is 14.1. The Hall–Kier alpha value is -2.43. The minimum Gasteiger partial charge on any atom is -0.485 e. The van der Waals surface area contributed by atoms with Crippen LogP contribution in [-0.4, -0.2) is 13.4 Å². The summed E-state index contributed by atoms with van der Waals surface area (Å²) in [5, 5.41) is 0.701. The summed E-state index contributed by atoms with van der Waals surface area (Å²) in [5.74, 6) is 1.61. The van der Waals surface area contributed by atoms with Crippen LogP contribution in [0.2, 0.25) is 0 Å². The molecule has 1 aliphatic rings. The molecule has 0 unspecified atom stereocenters. The minimum absolute atomic E-state index is 0.132. The fourth-order valence-electron chi connectivity index (χ4n) is 1.98. The summed E-state index contributed by atoms with van der Waals surface area (Å²) in [4.78, 5) is 11.3. The standard InChI is InChI=1S/C15H14O5/c1-9(2)5-6-17-12-7-11-10(3-4-13(16)20-11)14-15(12)19-8-18-14/h3-5,7H,6,8H2,1-2H3. The van der Waals surface area contributed by atoms with Crippen LogP contribution in [0, 0.1) is 0 Å². The first-order valence-electron chi connectivity index (χ1n) is 6.28. The molecule has 1 aromatic heterocycles. The van der Waals surface area contributed by atoms with E-state index in [9.17, 15) is 4.79 Å². The van der Waals surface area contributed by atoms with E-state index >= 15 is 0 Å². The molecule has 0 N–H and O–H groups in total. The van der Waals surface area contributed by atoms with Crippen LogP contribution >= 0.6 is 0 Å². The van der Waals surface area contributed by atoms with E-state index in [0.717, 1.165) is 5.57 Å². The molecule has 1 aliphatic heterocycles. The molecule has 104 valence electrons. The summed E-state index contributed by atoms with van der Waals surface area (Å²) in [6.45, 7) is 4.53. The van der Waals surface area contributed by atoms with E-state index in [2.05, 4.69) is 0 Å². The molecule has 3 rings (SSSR count). The van der Waals surface area contributed by atoms with Gasteiger partial charge in [-0.15, -0.1) is 0 Å². The van der Waals surface area contributed by atoms with Crippen LogP contribution in [0.25, 0.3) is 11.0 Å². The van der Waals surface area contributed by atoms with Crippen molar-refractivity contribution in [2.75, 3.05) is 13.4 Å². The van der Waals surface area contributed by atoms with Crippen LogP contribution in [-0.2, 0) is 0 Å². The van der Waals surface area contributed by atoms with E-state index in [1.54, 1.807) is 12.1 Å². The zero-order valence-electron chi connectivity index (χ0n) is 11.3. The van der Waals surface area contributed by atoms with Crippen LogP contribution < -0.4 is 19.8 Å². The molecule has 0 aliphatic carbocycles. The molecule has 0 fully saturated rings. The normalized spacial score (nSPS) is 12.5. The quantitative estimate of drug-likeness (QED) is 0.636. The van der Waals surface area contributed by atoms with Gasteiger partial charge in [-0.3, -0.25) is 0 Å². The van der Waals surface area contributed by atoms with Gasteiger partial charge >= 0.3 is 5.63 Å². The fraction of sp³-hybridized carbons (Fsp3) is 0.267. The Labute approximate surface area is 115 Å². The van der Waals surface area contributed by atoms with Gasteiger partial charge in [0.25, 0.3) is 0 Å². The van der Waals surface area contributed by atoms with E-state index < -0.39 is 5.63 Å². The lowest BCUT2D eigenvalue weighted by molar-refractivity contribution is 0.171. The molecule has 0 saturated heterocycles. The molecule has 0 amide bonds. The average Bonchev–Trinajstić information content (AvgIpc) is 2.87. The Morgan fingerprint density at radius 2 is 2.10 bits per heavy atom. The highest BCUT2D eigenvalue weighted by Gasteiger charge is 2.23. The fourth-order valence-corrected chi connectivity index (χ4v) is 1.98. The molecule has 2 aromatic rings. The maximum Gasteiger partial charge on any atom is 0.336 e. The van der Waals surface area contributed by atoms with Gasteiger partial charge in [0.15, 0.2) is 11.5 Å². The molecule has 20 heavy (non-hydrogen) atoms. The van der Waals surface area contributed by atoms with Crippen LogP contribution in [0.5, 0.6) is 17.2 Å². The van der Waals surface area contributed by atoms with Crippen molar-refractivity contribution in [3.8, 4) is 17.2 Å². The molecule has 5 heteroatoms. The maximum absolute atomic E-state index is 11.3. The number of allylic oxidation sites excluding steroid dienone is 1. The third-order valence-electron chi connectivity index (χ3n) is 2.94. The van der Waals surface area contributed by atoms with Gasteiger partial charge < -0.3 is 18.6 Å². The number of hydrogen-bond donors (Lipinski definition) is 0. The molecule has 0 saturated carbocycles. The maximum atomic E-state index is 11.3. The highest BCUT2D eigenvalue weighted by Crippen LogP contribution is 2.46. The van der Waals surface area contributed by atoms with Crippen LogP contribution in [0.15, 0.2) is 39.1 Å². The predicted octanol–water partition coefficient (Wildman–Crippen LogP) is 2.87. The van der Waals surface area contributed by atoms with Gasteiger partial charge in [-0.05, 0) is 26.0 Å². The van der Waals surface area contributed by atoms with Crippen molar-refractivity contribution in [2.24, 2.45) is 0 Å². The lowest BCUT2D eigenvalue weighted by atomic mass is 10.2. The Bertz CT molecular complexity index is 738. The van der Waals surface area contributed by atoms with Crippen LogP contribution in [0.4, 0.5) is 0 Å². The van der Waals surface area contributed by atoms with Crippen LogP contribution in [0.1, 0.15) is 13.8 Å². The summed E-state index contributed by atoms with van der Waals surface area (Å²) >= 11 is 0. The van der Waals surface area contributed by atoms with Gasteiger partial charge in [0, 0.05) is 12.1 Å². The average molecular weight is 274 g/mol. The molecule has 5 nitrogen and oxygen atoms in total. The Kier molecular flexibility index (Phi) is 3.10. The number of fused-ring (bicyclic) bond motifs is 3. The monoisotopic (exact) mass is 274 g/mol. The first-order valence-corrected chi connectivity index (χ1v) is 6.28. The first kappa shape index (κ1) is 12.6. The number of benzene rings is 1. The van der Waals surface area contributed by atoms with E-state index in [1.807, 2.05) is 19.9 Å². The van der Waals surface area contributed by atoms with E-state index in [1.165, 1.54) is 6.07 Å². The van der Waals surface area contributed by atoms with E-state index in [4.69, 9.17) is 18.6 Å². The van der Waals surface area contributed by atoms with Crippen molar-refractivity contribution in [3.63, 3.8) is 0 Å². The lowest BCUT2D eigenvalue weighted by Gasteiger charge is -2.08. The molecule has 0 spiro atoms.